The molecule has 1 heteroatoms. The first-order valence-electron chi connectivity index (χ1n) is 5.23. The zero-order chi connectivity index (χ0) is 9.19. The van der Waals surface area contributed by atoms with Crippen molar-refractivity contribution in [3.05, 3.63) is 0 Å². The quantitative estimate of drug-likeness (QED) is 0.629. The number of hydrogen-bond donors (Lipinski definition) is 0. The molecule has 0 aromatic carbocycles. The zero-order valence-corrected chi connectivity index (χ0v) is 9.71. The summed E-state index contributed by atoms with van der Waals surface area (Å²) in [5.41, 5.74) is 0. The Balaban J connectivity index is 2.53. The molecule has 72 valence electrons. The van der Waals surface area contributed by atoms with Gasteiger partial charge in [-0.05, 0) is 24.0 Å². The molecular formula is C11H22S. The minimum absolute atomic E-state index is 0.548. The summed E-state index contributed by atoms with van der Waals surface area (Å²) in [6.07, 6.45) is 4.18. The van der Waals surface area contributed by atoms with Gasteiger partial charge in [0, 0.05) is 4.75 Å². The van der Waals surface area contributed by atoms with Gasteiger partial charge in [-0.15, -0.1) is 0 Å². The highest BCUT2D eigenvalue weighted by atomic mass is 32.2. The van der Waals surface area contributed by atoms with Crippen LogP contribution in [0.25, 0.3) is 0 Å². The average molecular weight is 186 g/mol. The first-order valence-corrected chi connectivity index (χ1v) is 6.21. The van der Waals surface area contributed by atoms with E-state index in [4.69, 9.17) is 0 Å². The Labute approximate surface area is 81.5 Å². The molecule has 0 radical (unpaired) electrons. The SMILES string of the molecule is CCC1CSC(C)(C)CC1CC. The minimum Gasteiger partial charge on any atom is -0.155 e. The number of thioether (sulfide) groups is 1. The Morgan fingerprint density at radius 3 is 2.25 bits per heavy atom. The molecule has 1 heterocycles. The van der Waals surface area contributed by atoms with E-state index in [2.05, 4.69) is 39.5 Å². The van der Waals surface area contributed by atoms with E-state index in [1.807, 2.05) is 0 Å². The van der Waals surface area contributed by atoms with Crippen molar-refractivity contribution in [3.63, 3.8) is 0 Å². The van der Waals surface area contributed by atoms with Gasteiger partial charge in [0.15, 0.2) is 0 Å². The summed E-state index contributed by atoms with van der Waals surface area (Å²) in [5.74, 6) is 3.38. The van der Waals surface area contributed by atoms with Crippen molar-refractivity contribution in [1.82, 2.24) is 0 Å². The van der Waals surface area contributed by atoms with E-state index in [9.17, 15) is 0 Å². The normalized spacial score (nSPS) is 35.0. The maximum absolute atomic E-state index is 2.40. The zero-order valence-electron chi connectivity index (χ0n) is 8.89. The van der Waals surface area contributed by atoms with E-state index in [-0.39, 0.29) is 0 Å². The molecule has 2 atom stereocenters. The molecule has 0 amide bonds. The maximum atomic E-state index is 2.40. The van der Waals surface area contributed by atoms with Crippen molar-refractivity contribution >= 4 is 11.8 Å². The average Bonchev–Trinajstić information content (AvgIpc) is 2.03. The lowest BCUT2D eigenvalue weighted by Gasteiger charge is -2.39. The van der Waals surface area contributed by atoms with Gasteiger partial charge in [0.1, 0.15) is 0 Å². The van der Waals surface area contributed by atoms with Crippen molar-refractivity contribution in [2.24, 2.45) is 11.8 Å². The molecule has 1 aliphatic rings. The van der Waals surface area contributed by atoms with Crippen molar-refractivity contribution in [1.29, 1.82) is 0 Å². The Hall–Kier alpha value is 0.350. The lowest BCUT2D eigenvalue weighted by molar-refractivity contribution is 0.286. The second-order valence-corrected chi connectivity index (χ2v) is 6.34. The summed E-state index contributed by atoms with van der Waals surface area (Å²) in [5, 5.41) is 0. The van der Waals surface area contributed by atoms with Crippen LogP contribution < -0.4 is 0 Å². The molecule has 1 aliphatic heterocycles. The Morgan fingerprint density at radius 2 is 1.75 bits per heavy atom. The van der Waals surface area contributed by atoms with Gasteiger partial charge in [-0.25, -0.2) is 0 Å². The van der Waals surface area contributed by atoms with Crippen LogP contribution in [0.5, 0.6) is 0 Å². The summed E-state index contributed by atoms with van der Waals surface area (Å²) in [7, 11) is 0. The monoisotopic (exact) mass is 186 g/mol. The third-order valence-electron chi connectivity index (χ3n) is 3.16. The maximum Gasteiger partial charge on any atom is 0.0106 e. The van der Waals surface area contributed by atoms with E-state index >= 15 is 0 Å². The molecule has 0 bridgehead atoms. The third kappa shape index (κ3) is 2.42. The smallest absolute Gasteiger partial charge is 0.0106 e. The fraction of sp³-hybridized carbons (Fsp3) is 1.00. The summed E-state index contributed by atoms with van der Waals surface area (Å²) in [4.78, 5) is 0. The van der Waals surface area contributed by atoms with E-state index < -0.39 is 0 Å². The molecular weight excluding hydrogens is 164 g/mol. The number of rotatable bonds is 2. The molecule has 0 N–H and O–H groups in total. The molecule has 0 aromatic rings. The number of hydrogen-bond acceptors (Lipinski definition) is 1. The van der Waals surface area contributed by atoms with Crippen molar-refractivity contribution < 1.29 is 0 Å². The third-order valence-corrected chi connectivity index (χ3v) is 4.70. The van der Waals surface area contributed by atoms with Crippen LogP contribution in [0.15, 0.2) is 0 Å². The molecule has 2 unspecified atom stereocenters. The molecule has 0 nitrogen and oxygen atoms in total. The Kier molecular flexibility index (Phi) is 3.51. The largest absolute Gasteiger partial charge is 0.155 e. The highest BCUT2D eigenvalue weighted by Crippen LogP contribution is 2.43. The van der Waals surface area contributed by atoms with Gasteiger partial charge in [0.25, 0.3) is 0 Å². The topological polar surface area (TPSA) is 0 Å². The van der Waals surface area contributed by atoms with E-state index in [1.54, 1.807) is 0 Å². The van der Waals surface area contributed by atoms with E-state index in [0.717, 1.165) is 11.8 Å². The van der Waals surface area contributed by atoms with Crippen LogP contribution in [-0.2, 0) is 0 Å². The highest BCUT2D eigenvalue weighted by Gasteiger charge is 2.33. The predicted octanol–water partition coefficient (Wildman–Crippen LogP) is 3.95. The van der Waals surface area contributed by atoms with Crippen molar-refractivity contribution in [2.45, 2.75) is 51.7 Å². The molecule has 12 heavy (non-hydrogen) atoms. The van der Waals surface area contributed by atoms with Crippen LogP contribution in [0.3, 0.4) is 0 Å². The van der Waals surface area contributed by atoms with Gasteiger partial charge in [0.2, 0.25) is 0 Å². The fourth-order valence-corrected chi connectivity index (χ4v) is 3.76. The molecule has 1 saturated heterocycles. The van der Waals surface area contributed by atoms with Crippen LogP contribution in [0.2, 0.25) is 0 Å². The Morgan fingerprint density at radius 1 is 1.17 bits per heavy atom. The van der Waals surface area contributed by atoms with Crippen LogP contribution in [-0.4, -0.2) is 10.5 Å². The van der Waals surface area contributed by atoms with E-state index in [0.29, 0.717) is 4.75 Å². The Bertz CT molecular complexity index is 140. The van der Waals surface area contributed by atoms with Gasteiger partial charge in [-0.2, -0.15) is 11.8 Å². The van der Waals surface area contributed by atoms with E-state index in [1.165, 1.54) is 25.0 Å². The van der Waals surface area contributed by atoms with Crippen molar-refractivity contribution in [2.75, 3.05) is 5.75 Å². The second kappa shape index (κ2) is 4.04. The lowest BCUT2D eigenvalue weighted by atomic mass is 9.82. The summed E-state index contributed by atoms with van der Waals surface area (Å²) < 4.78 is 0.548. The molecule has 1 fully saturated rings. The molecule has 0 aliphatic carbocycles. The molecule has 0 aromatic heterocycles. The molecule has 0 spiro atoms. The summed E-state index contributed by atoms with van der Waals surface area (Å²) in [6, 6.07) is 0. The fourth-order valence-electron chi connectivity index (χ4n) is 2.25. The van der Waals surface area contributed by atoms with Gasteiger partial charge in [0.05, 0.1) is 0 Å². The summed E-state index contributed by atoms with van der Waals surface area (Å²) in [6.45, 7) is 9.48. The van der Waals surface area contributed by atoms with Gasteiger partial charge in [-0.1, -0.05) is 40.5 Å². The van der Waals surface area contributed by atoms with Crippen LogP contribution >= 0.6 is 11.8 Å². The van der Waals surface area contributed by atoms with Gasteiger partial charge < -0.3 is 0 Å². The predicted molar refractivity (Wildman–Crippen MR) is 58.7 cm³/mol. The van der Waals surface area contributed by atoms with Crippen LogP contribution in [0.4, 0.5) is 0 Å². The first-order chi connectivity index (χ1) is 5.59. The highest BCUT2D eigenvalue weighted by molar-refractivity contribution is 8.00. The standard InChI is InChI=1S/C11H22S/c1-5-9-7-11(3,4)12-8-10(9)6-2/h9-10H,5-8H2,1-4H3. The molecule has 0 saturated carbocycles. The summed E-state index contributed by atoms with van der Waals surface area (Å²) >= 11 is 2.17. The molecule has 1 rings (SSSR count). The first kappa shape index (κ1) is 10.4. The second-order valence-electron chi connectivity index (χ2n) is 4.61. The van der Waals surface area contributed by atoms with Crippen LogP contribution in [0.1, 0.15) is 47.0 Å². The van der Waals surface area contributed by atoms with Crippen molar-refractivity contribution in [3.8, 4) is 0 Å². The minimum atomic E-state index is 0.548. The van der Waals surface area contributed by atoms with Gasteiger partial charge in [-0.3, -0.25) is 0 Å². The lowest BCUT2D eigenvalue weighted by Crippen LogP contribution is -2.32. The van der Waals surface area contributed by atoms with Crippen LogP contribution in [0, 0.1) is 11.8 Å². The van der Waals surface area contributed by atoms with Gasteiger partial charge >= 0.3 is 0 Å².